The van der Waals surface area contributed by atoms with Crippen LogP contribution in [-0.4, -0.2) is 0 Å². The molecule has 0 N–H and O–H groups in total. The maximum Gasteiger partial charge on any atom is -0.0245 e. The summed E-state index contributed by atoms with van der Waals surface area (Å²) in [6.07, 6.45) is 17.5. The molecule has 0 aromatic carbocycles. The topological polar surface area (TPSA) is 0 Å². The van der Waals surface area contributed by atoms with Gasteiger partial charge < -0.3 is 0 Å². The third-order valence-corrected chi connectivity index (χ3v) is 1.74. The average Bonchev–Trinajstić information content (AvgIpc) is 2.01. The van der Waals surface area contributed by atoms with E-state index in [9.17, 15) is 0 Å². The summed E-state index contributed by atoms with van der Waals surface area (Å²) in [6, 6.07) is 0. The predicted octanol–water partition coefficient (Wildman–Crippen LogP) is 3.26. The fourth-order valence-corrected chi connectivity index (χ4v) is 1.12. The van der Waals surface area contributed by atoms with E-state index in [2.05, 4.69) is 24.3 Å². The van der Waals surface area contributed by atoms with Gasteiger partial charge in [0, 0.05) is 0 Å². The molecule has 10 heavy (non-hydrogen) atoms. The Morgan fingerprint density at radius 2 is 1.70 bits per heavy atom. The van der Waals surface area contributed by atoms with Crippen LogP contribution in [0.1, 0.15) is 38.5 Å². The highest BCUT2D eigenvalue weighted by Gasteiger charge is 1.86. The minimum absolute atomic E-state index is 1.11. The molecule has 55 valence electrons. The van der Waals surface area contributed by atoms with Gasteiger partial charge in [-0.2, -0.15) is 0 Å². The first-order valence-electron chi connectivity index (χ1n) is 4.20. The lowest BCUT2D eigenvalue weighted by Gasteiger charge is -1.95. The second-order valence-corrected chi connectivity index (χ2v) is 2.70. The molecular weight excluding hydrogens is 120 g/mol. The van der Waals surface area contributed by atoms with Crippen LogP contribution in [0.4, 0.5) is 0 Å². The molecule has 1 aliphatic rings. The quantitative estimate of drug-likeness (QED) is 0.447. The van der Waals surface area contributed by atoms with Gasteiger partial charge in [-0.1, -0.05) is 18.2 Å². The molecule has 0 saturated heterocycles. The van der Waals surface area contributed by atoms with Gasteiger partial charge in [-0.25, -0.2) is 0 Å². The largest absolute Gasteiger partial charge is 0.0885 e. The molecule has 0 heteroatoms. The summed E-state index contributed by atoms with van der Waals surface area (Å²) in [5, 5.41) is 0. The zero-order valence-corrected chi connectivity index (χ0v) is 6.47. The van der Waals surface area contributed by atoms with E-state index in [1.54, 1.807) is 0 Å². The SMILES string of the molecule is [C]1=C\CCCC/C=C/CC/1. The second-order valence-electron chi connectivity index (χ2n) is 2.70. The molecule has 0 unspecified atom stereocenters. The van der Waals surface area contributed by atoms with Gasteiger partial charge in [0.05, 0.1) is 0 Å². The van der Waals surface area contributed by atoms with Crippen molar-refractivity contribution in [3.63, 3.8) is 0 Å². The maximum atomic E-state index is 3.28. The molecule has 0 amide bonds. The highest BCUT2D eigenvalue weighted by Crippen LogP contribution is 2.05. The van der Waals surface area contributed by atoms with Crippen molar-refractivity contribution in [2.24, 2.45) is 0 Å². The zero-order valence-electron chi connectivity index (χ0n) is 6.47. The minimum atomic E-state index is 1.11. The van der Waals surface area contributed by atoms with Gasteiger partial charge in [0.2, 0.25) is 0 Å². The van der Waals surface area contributed by atoms with Gasteiger partial charge in [-0.05, 0) is 44.6 Å². The molecule has 0 aromatic rings. The minimum Gasteiger partial charge on any atom is -0.0885 e. The fraction of sp³-hybridized carbons (Fsp3) is 0.600. The van der Waals surface area contributed by atoms with Crippen molar-refractivity contribution in [1.29, 1.82) is 0 Å². The number of allylic oxidation sites excluding steroid dienone is 4. The Kier molecular flexibility index (Phi) is 4.00. The Balaban J connectivity index is 2.23. The van der Waals surface area contributed by atoms with Crippen molar-refractivity contribution in [3.8, 4) is 0 Å². The van der Waals surface area contributed by atoms with E-state index in [0.717, 1.165) is 6.42 Å². The van der Waals surface area contributed by atoms with Crippen LogP contribution in [0.2, 0.25) is 0 Å². The van der Waals surface area contributed by atoms with Crippen LogP contribution in [-0.2, 0) is 0 Å². The summed E-state index contributed by atoms with van der Waals surface area (Å²) in [5.41, 5.74) is 0. The van der Waals surface area contributed by atoms with Gasteiger partial charge in [0.1, 0.15) is 0 Å². The van der Waals surface area contributed by atoms with Crippen LogP contribution in [0, 0.1) is 6.08 Å². The Morgan fingerprint density at radius 1 is 0.900 bits per heavy atom. The van der Waals surface area contributed by atoms with E-state index in [-0.39, 0.29) is 0 Å². The first kappa shape index (κ1) is 7.59. The standard InChI is InChI=1S/C10H15/c1-2-4-6-8-10-9-7-5-3-1/h1-2,10H,3-7,9H2/b2-1+,10-8?. The predicted molar refractivity (Wildman–Crippen MR) is 44.7 cm³/mol. The third-order valence-electron chi connectivity index (χ3n) is 1.74. The molecule has 0 saturated carbocycles. The van der Waals surface area contributed by atoms with Crippen LogP contribution >= 0.6 is 0 Å². The summed E-state index contributed by atoms with van der Waals surface area (Å²) in [7, 11) is 0. The lowest BCUT2D eigenvalue weighted by molar-refractivity contribution is 0.752. The summed E-state index contributed by atoms with van der Waals surface area (Å²) < 4.78 is 0. The molecule has 1 rings (SSSR count). The van der Waals surface area contributed by atoms with Crippen molar-refractivity contribution in [1.82, 2.24) is 0 Å². The summed E-state index contributed by atoms with van der Waals surface area (Å²) >= 11 is 0. The first-order valence-corrected chi connectivity index (χ1v) is 4.20. The zero-order chi connectivity index (χ0) is 7.07. The Labute approximate surface area is 63.6 Å². The third kappa shape index (κ3) is 3.49. The summed E-state index contributed by atoms with van der Waals surface area (Å²) in [5.74, 6) is 0. The van der Waals surface area contributed by atoms with Crippen molar-refractivity contribution in [2.75, 3.05) is 0 Å². The van der Waals surface area contributed by atoms with Crippen LogP contribution in [0.25, 0.3) is 0 Å². The van der Waals surface area contributed by atoms with E-state index in [1.807, 2.05) is 0 Å². The number of hydrogen-bond acceptors (Lipinski definition) is 0. The maximum absolute atomic E-state index is 3.28. The Morgan fingerprint density at radius 3 is 2.70 bits per heavy atom. The Hall–Kier alpha value is -0.520. The second kappa shape index (κ2) is 5.28. The molecule has 0 spiro atoms. The average molecular weight is 135 g/mol. The van der Waals surface area contributed by atoms with Crippen LogP contribution in [0.3, 0.4) is 0 Å². The van der Waals surface area contributed by atoms with E-state index >= 15 is 0 Å². The molecule has 0 atom stereocenters. The highest BCUT2D eigenvalue weighted by molar-refractivity contribution is 4.86. The van der Waals surface area contributed by atoms with E-state index in [4.69, 9.17) is 0 Å². The molecule has 0 heterocycles. The van der Waals surface area contributed by atoms with Crippen LogP contribution in [0.5, 0.6) is 0 Å². The Bertz CT molecular complexity index is 104. The molecule has 0 aliphatic heterocycles. The van der Waals surface area contributed by atoms with E-state index < -0.39 is 0 Å². The molecule has 1 aliphatic carbocycles. The van der Waals surface area contributed by atoms with E-state index in [0.29, 0.717) is 0 Å². The lowest BCUT2D eigenvalue weighted by atomic mass is 10.1. The fourth-order valence-electron chi connectivity index (χ4n) is 1.12. The number of rotatable bonds is 0. The molecule has 0 nitrogen and oxygen atoms in total. The number of hydrogen-bond donors (Lipinski definition) is 0. The lowest BCUT2D eigenvalue weighted by Crippen LogP contribution is -1.76. The molecule has 0 bridgehead atoms. The van der Waals surface area contributed by atoms with Crippen molar-refractivity contribution < 1.29 is 0 Å². The van der Waals surface area contributed by atoms with Crippen LogP contribution in [0.15, 0.2) is 18.2 Å². The molecule has 1 radical (unpaired) electrons. The molecule has 0 aromatic heterocycles. The molecular formula is C10H15. The monoisotopic (exact) mass is 135 g/mol. The van der Waals surface area contributed by atoms with Gasteiger partial charge in [-0.15, -0.1) is 0 Å². The molecule has 0 fully saturated rings. The van der Waals surface area contributed by atoms with Crippen molar-refractivity contribution in [3.05, 3.63) is 24.3 Å². The van der Waals surface area contributed by atoms with Crippen molar-refractivity contribution in [2.45, 2.75) is 38.5 Å². The van der Waals surface area contributed by atoms with Gasteiger partial charge >= 0.3 is 0 Å². The highest BCUT2D eigenvalue weighted by atomic mass is 13.9. The van der Waals surface area contributed by atoms with Gasteiger partial charge in [-0.3, -0.25) is 0 Å². The summed E-state index contributed by atoms with van der Waals surface area (Å²) in [6.45, 7) is 0. The van der Waals surface area contributed by atoms with Gasteiger partial charge in [0.25, 0.3) is 0 Å². The van der Waals surface area contributed by atoms with Gasteiger partial charge in [0.15, 0.2) is 0 Å². The first-order chi connectivity index (χ1) is 5.00. The van der Waals surface area contributed by atoms with Crippen molar-refractivity contribution >= 4 is 0 Å². The summed E-state index contributed by atoms with van der Waals surface area (Å²) in [4.78, 5) is 0. The smallest absolute Gasteiger partial charge is 0.0245 e. The van der Waals surface area contributed by atoms with E-state index in [1.165, 1.54) is 32.1 Å². The van der Waals surface area contributed by atoms with Crippen LogP contribution < -0.4 is 0 Å². The normalized spacial score (nSPS) is 27.2.